The van der Waals surface area contributed by atoms with Crippen LogP contribution in [0.25, 0.3) is 0 Å². The molecular weight excluding hydrogens is 440 g/mol. The largest absolute Gasteiger partial charge is 0.367 e. The van der Waals surface area contributed by atoms with Crippen LogP contribution in [0.4, 0.5) is 0 Å². The van der Waals surface area contributed by atoms with Gasteiger partial charge in [0.25, 0.3) is 0 Å². The minimum absolute atomic E-state index is 0.373. The molecule has 0 amide bonds. The fourth-order valence-electron chi connectivity index (χ4n) is 3.59. The molecule has 3 aromatic rings. The Bertz CT molecular complexity index is 893. The number of aliphatic hydroxyl groups excluding tert-OH is 1. The van der Waals surface area contributed by atoms with Crippen LogP contribution in [0.5, 0.6) is 0 Å². The Balaban J connectivity index is 1.48. The Morgan fingerprint density at radius 2 is 1.29 bits per heavy atom. The Kier molecular flexibility index (Phi) is 11.8. The van der Waals surface area contributed by atoms with Crippen molar-refractivity contribution in [3.63, 3.8) is 0 Å². The van der Waals surface area contributed by atoms with Crippen LogP contribution < -0.4 is 16.0 Å². The van der Waals surface area contributed by atoms with Gasteiger partial charge in [0.05, 0.1) is 17.4 Å². The fourth-order valence-corrected chi connectivity index (χ4v) is 3.59. The van der Waals surface area contributed by atoms with E-state index in [9.17, 15) is 10.2 Å². The van der Waals surface area contributed by atoms with Crippen molar-refractivity contribution in [3.05, 3.63) is 95.6 Å². The van der Waals surface area contributed by atoms with Crippen molar-refractivity contribution in [2.75, 3.05) is 26.2 Å². The zero-order valence-electron chi connectivity index (χ0n) is 20.5. The number of hydrogen-bond donors (Lipinski definition) is 5. The summed E-state index contributed by atoms with van der Waals surface area (Å²) in [7, 11) is 0. The van der Waals surface area contributed by atoms with E-state index in [1.54, 1.807) is 6.92 Å². The lowest BCUT2D eigenvalue weighted by Crippen LogP contribution is -2.36. The van der Waals surface area contributed by atoms with Crippen LogP contribution in [-0.2, 0) is 26.2 Å². The zero-order valence-corrected chi connectivity index (χ0v) is 20.5. The first-order chi connectivity index (χ1) is 17.1. The third-order valence-corrected chi connectivity index (χ3v) is 5.78. The summed E-state index contributed by atoms with van der Waals surface area (Å²) in [4.78, 5) is 11.2. The van der Waals surface area contributed by atoms with Gasteiger partial charge < -0.3 is 26.2 Å². The summed E-state index contributed by atoms with van der Waals surface area (Å²) in [5.74, 6) is 0. The number of aromatic nitrogens is 2. The average molecular weight is 479 g/mol. The van der Waals surface area contributed by atoms with Crippen molar-refractivity contribution in [2.24, 2.45) is 0 Å². The molecule has 1 atom stereocenters. The van der Waals surface area contributed by atoms with Gasteiger partial charge >= 0.3 is 0 Å². The highest BCUT2D eigenvalue weighted by molar-refractivity contribution is 5.22. The van der Waals surface area contributed by atoms with Gasteiger partial charge in [-0.1, -0.05) is 36.4 Å². The first-order valence-electron chi connectivity index (χ1n) is 12.2. The molecule has 3 rings (SSSR count). The molecule has 0 fully saturated rings. The summed E-state index contributed by atoms with van der Waals surface area (Å²) in [5.41, 5.74) is 4.45. The van der Waals surface area contributed by atoms with E-state index in [0.29, 0.717) is 6.54 Å². The molecule has 0 bridgehead atoms. The van der Waals surface area contributed by atoms with Crippen LogP contribution in [0.15, 0.2) is 73.1 Å². The second-order valence-corrected chi connectivity index (χ2v) is 8.67. The van der Waals surface area contributed by atoms with Crippen molar-refractivity contribution < 1.29 is 10.2 Å². The first kappa shape index (κ1) is 26.9. The highest BCUT2D eigenvalue weighted by atomic mass is 16.5. The van der Waals surface area contributed by atoms with Gasteiger partial charge in [-0.05, 0) is 42.3 Å². The maximum absolute atomic E-state index is 9.22. The molecule has 0 spiro atoms. The minimum Gasteiger partial charge on any atom is -0.367 e. The predicted octanol–water partition coefficient (Wildman–Crippen LogP) is 1.65. The van der Waals surface area contributed by atoms with Crippen LogP contribution in [0.2, 0.25) is 0 Å². The number of pyridine rings is 2. The molecule has 5 N–H and O–H groups in total. The summed E-state index contributed by atoms with van der Waals surface area (Å²) in [6, 6.07) is 20.1. The minimum atomic E-state index is -1.36. The molecule has 0 saturated heterocycles. The van der Waals surface area contributed by atoms with Gasteiger partial charge in [0, 0.05) is 64.8 Å². The van der Waals surface area contributed by atoms with Gasteiger partial charge in [-0.15, -0.1) is 0 Å². The van der Waals surface area contributed by atoms with Crippen molar-refractivity contribution in [2.45, 2.75) is 45.4 Å². The number of rotatable bonds is 16. The van der Waals surface area contributed by atoms with E-state index >= 15 is 0 Å². The number of aliphatic hydroxyl groups is 2. The maximum atomic E-state index is 9.22. The Morgan fingerprint density at radius 3 is 1.77 bits per heavy atom. The molecule has 2 heterocycles. The molecule has 8 heteroatoms. The van der Waals surface area contributed by atoms with Gasteiger partial charge in [-0.3, -0.25) is 14.9 Å². The molecule has 0 saturated carbocycles. The monoisotopic (exact) mass is 478 g/mol. The molecule has 2 aromatic heterocycles. The average Bonchev–Trinajstić information content (AvgIpc) is 2.89. The summed E-state index contributed by atoms with van der Waals surface area (Å²) in [5, 5.41) is 28.5. The van der Waals surface area contributed by atoms with Crippen LogP contribution in [0, 0.1) is 0 Å². The van der Waals surface area contributed by atoms with Gasteiger partial charge in [0.1, 0.15) is 0 Å². The van der Waals surface area contributed by atoms with E-state index in [1.165, 1.54) is 5.56 Å². The zero-order chi connectivity index (χ0) is 24.7. The van der Waals surface area contributed by atoms with Crippen molar-refractivity contribution in [1.29, 1.82) is 0 Å². The molecule has 1 unspecified atom stereocenters. The van der Waals surface area contributed by atoms with Crippen molar-refractivity contribution in [1.82, 2.24) is 30.8 Å². The summed E-state index contributed by atoms with van der Waals surface area (Å²) in [6.07, 6.45) is 2.28. The highest BCUT2D eigenvalue weighted by Crippen LogP contribution is 2.08. The highest BCUT2D eigenvalue weighted by Gasteiger charge is 2.10. The number of hydrogen-bond acceptors (Lipinski definition) is 8. The third kappa shape index (κ3) is 10.6. The lowest BCUT2D eigenvalue weighted by atomic mass is 10.1. The fraction of sp³-hybridized carbons (Fsp3) is 0.407. The number of benzene rings is 1. The SMILES string of the molecule is CC(NCc1ccc(CN(CCNCc2ccccn2)CCNCc2ccccn2)cc1)C(O)O. The van der Waals surface area contributed by atoms with Gasteiger partial charge in [-0.25, -0.2) is 0 Å². The van der Waals surface area contributed by atoms with Crippen LogP contribution in [0.3, 0.4) is 0 Å². The van der Waals surface area contributed by atoms with Crippen molar-refractivity contribution in [3.8, 4) is 0 Å². The van der Waals surface area contributed by atoms with Crippen LogP contribution >= 0.6 is 0 Å². The van der Waals surface area contributed by atoms with Crippen molar-refractivity contribution >= 4 is 0 Å². The standard InChI is InChI=1S/C27H38N6O2/c1-22(27(34)35)32-18-23-8-10-24(11-9-23)21-33(16-14-28-19-25-6-2-4-12-30-25)17-15-29-20-26-7-3-5-13-31-26/h2-13,22,27-29,32,34-35H,14-21H2,1H3. The Morgan fingerprint density at radius 1 is 0.743 bits per heavy atom. The molecule has 35 heavy (non-hydrogen) atoms. The van der Waals surface area contributed by atoms with Gasteiger partial charge in [-0.2, -0.15) is 0 Å². The summed E-state index contributed by atoms with van der Waals surface area (Å²) in [6.45, 7) is 8.32. The molecule has 188 valence electrons. The molecule has 0 aliphatic carbocycles. The topological polar surface area (TPSA) is 106 Å². The number of nitrogens with one attached hydrogen (secondary N) is 3. The summed E-state index contributed by atoms with van der Waals surface area (Å²) < 4.78 is 0. The number of nitrogens with zero attached hydrogens (tertiary/aromatic N) is 3. The Hall–Kier alpha value is -2.72. The van der Waals surface area contributed by atoms with Gasteiger partial charge in [0.2, 0.25) is 0 Å². The normalized spacial score (nSPS) is 12.4. The maximum Gasteiger partial charge on any atom is 0.166 e. The lowest BCUT2D eigenvalue weighted by Gasteiger charge is -2.23. The van der Waals surface area contributed by atoms with Crippen LogP contribution in [0.1, 0.15) is 29.4 Å². The smallest absolute Gasteiger partial charge is 0.166 e. The molecular formula is C27H38N6O2. The van der Waals surface area contributed by atoms with Crippen LogP contribution in [-0.4, -0.2) is 63.6 Å². The predicted molar refractivity (Wildman–Crippen MR) is 138 cm³/mol. The molecule has 0 aliphatic heterocycles. The Labute approximate surface area is 208 Å². The molecule has 0 radical (unpaired) electrons. The second kappa shape index (κ2) is 15.3. The molecule has 8 nitrogen and oxygen atoms in total. The lowest BCUT2D eigenvalue weighted by molar-refractivity contribution is -0.0628. The van der Waals surface area contributed by atoms with E-state index in [2.05, 4.69) is 55.1 Å². The van der Waals surface area contributed by atoms with E-state index in [1.807, 2.05) is 48.8 Å². The summed E-state index contributed by atoms with van der Waals surface area (Å²) >= 11 is 0. The molecule has 1 aromatic carbocycles. The van der Waals surface area contributed by atoms with E-state index in [4.69, 9.17) is 0 Å². The second-order valence-electron chi connectivity index (χ2n) is 8.67. The quantitative estimate of drug-likeness (QED) is 0.156. The van der Waals surface area contributed by atoms with E-state index in [0.717, 1.165) is 62.8 Å². The molecule has 0 aliphatic rings. The van der Waals surface area contributed by atoms with Gasteiger partial charge in [0.15, 0.2) is 6.29 Å². The third-order valence-electron chi connectivity index (χ3n) is 5.78. The van der Waals surface area contributed by atoms with E-state index in [-0.39, 0.29) is 6.04 Å². The van der Waals surface area contributed by atoms with E-state index < -0.39 is 6.29 Å². The first-order valence-corrected chi connectivity index (χ1v) is 12.2.